The topological polar surface area (TPSA) is 93.3 Å². The van der Waals surface area contributed by atoms with Gasteiger partial charge in [-0.05, 0) is 43.0 Å². The van der Waals surface area contributed by atoms with Gasteiger partial charge in [-0.25, -0.2) is 5.10 Å². The number of carbonyl (C=O) groups excluding carboxylic acids is 1. The lowest BCUT2D eigenvalue weighted by Crippen LogP contribution is -2.24. The van der Waals surface area contributed by atoms with Crippen molar-refractivity contribution in [3.63, 3.8) is 0 Å². The quantitative estimate of drug-likeness (QED) is 0.838. The van der Waals surface area contributed by atoms with E-state index < -0.39 is 0 Å². The lowest BCUT2D eigenvalue weighted by molar-refractivity contribution is -0.0447. The van der Waals surface area contributed by atoms with E-state index in [2.05, 4.69) is 15.5 Å². The summed E-state index contributed by atoms with van der Waals surface area (Å²) in [5.74, 6) is -0.384. The van der Waals surface area contributed by atoms with Crippen LogP contribution in [0.4, 0.5) is 5.69 Å². The number of hydrogen-bond acceptors (Lipinski definition) is 5. The predicted molar refractivity (Wildman–Crippen MR) is 92.5 cm³/mol. The lowest BCUT2D eigenvalue weighted by atomic mass is 10.1. The fourth-order valence-corrected chi connectivity index (χ4v) is 2.65. The Kier molecular flexibility index (Phi) is 5.92. The van der Waals surface area contributed by atoms with Gasteiger partial charge in [0.15, 0.2) is 0 Å². The first kappa shape index (κ1) is 17.3. The van der Waals surface area contributed by atoms with E-state index in [-0.39, 0.29) is 23.3 Å². The zero-order valence-corrected chi connectivity index (χ0v) is 13.9. The second kappa shape index (κ2) is 8.55. The molecule has 3 rings (SSSR count). The molecular formula is C18H21N3O4. The molecule has 1 unspecified atom stereocenters. The highest BCUT2D eigenvalue weighted by molar-refractivity contribution is 6.02. The van der Waals surface area contributed by atoms with Gasteiger partial charge in [-0.1, -0.05) is 12.1 Å². The number of ether oxygens (including phenoxy) is 2. The van der Waals surface area contributed by atoms with Crippen LogP contribution < -0.4 is 10.9 Å². The van der Waals surface area contributed by atoms with E-state index in [9.17, 15) is 9.59 Å². The third-order valence-corrected chi connectivity index (χ3v) is 3.94. The van der Waals surface area contributed by atoms with E-state index in [1.54, 1.807) is 6.07 Å². The van der Waals surface area contributed by atoms with Gasteiger partial charge in [-0.3, -0.25) is 9.59 Å². The molecule has 1 atom stereocenters. The molecular weight excluding hydrogens is 322 g/mol. The van der Waals surface area contributed by atoms with E-state index >= 15 is 0 Å². The number of anilines is 1. The van der Waals surface area contributed by atoms with Crippen LogP contribution in [0.15, 0.2) is 41.2 Å². The number of carbonyl (C=O) groups is 1. The molecule has 25 heavy (non-hydrogen) atoms. The van der Waals surface area contributed by atoms with Crippen LogP contribution in [0.5, 0.6) is 0 Å². The normalized spacial score (nSPS) is 17.2. The largest absolute Gasteiger partial charge is 0.376 e. The van der Waals surface area contributed by atoms with Gasteiger partial charge in [0.05, 0.1) is 19.3 Å². The molecule has 1 aliphatic rings. The Hall–Kier alpha value is -2.51. The third kappa shape index (κ3) is 5.23. The Morgan fingerprint density at radius 1 is 1.32 bits per heavy atom. The zero-order valence-electron chi connectivity index (χ0n) is 13.9. The molecule has 2 aromatic rings. The maximum atomic E-state index is 12.1. The fourth-order valence-electron chi connectivity index (χ4n) is 2.65. The molecule has 1 saturated heterocycles. The number of benzene rings is 1. The van der Waals surface area contributed by atoms with Gasteiger partial charge in [-0.15, -0.1) is 0 Å². The highest BCUT2D eigenvalue weighted by atomic mass is 16.5. The van der Waals surface area contributed by atoms with Crippen LogP contribution in [0.1, 0.15) is 35.3 Å². The molecule has 0 spiro atoms. The summed E-state index contributed by atoms with van der Waals surface area (Å²) in [7, 11) is 0. The summed E-state index contributed by atoms with van der Waals surface area (Å²) in [6.07, 6.45) is 3.54. The molecule has 2 N–H and O–H groups in total. The molecule has 2 heterocycles. The van der Waals surface area contributed by atoms with Crippen molar-refractivity contribution in [2.24, 2.45) is 0 Å². The maximum absolute atomic E-state index is 12.1. The van der Waals surface area contributed by atoms with Crippen molar-refractivity contribution in [2.75, 3.05) is 18.5 Å². The first-order valence-corrected chi connectivity index (χ1v) is 8.36. The first-order valence-electron chi connectivity index (χ1n) is 8.36. The van der Waals surface area contributed by atoms with Crippen LogP contribution in [0.3, 0.4) is 0 Å². The molecule has 0 bridgehead atoms. The number of aromatic amines is 1. The number of rotatable bonds is 6. The summed E-state index contributed by atoms with van der Waals surface area (Å²) in [6.45, 7) is 1.85. The summed E-state index contributed by atoms with van der Waals surface area (Å²) < 4.78 is 11.4. The first-order chi connectivity index (χ1) is 12.2. The van der Waals surface area contributed by atoms with Gasteiger partial charge in [0, 0.05) is 18.4 Å². The van der Waals surface area contributed by atoms with E-state index in [1.165, 1.54) is 18.6 Å². The summed E-state index contributed by atoms with van der Waals surface area (Å²) in [5.41, 5.74) is 1.41. The van der Waals surface area contributed by atoms with Gasteiger partial charge in [0.2, 0.25) is 0 Å². The van der Waals surface area contributed by atoms with Crippen LogP contribution in [-0.2, 0) is 16.1 Å². The molecule has 1 aromatic carbocycles. The molecule has 0 radical (unpaired) electrons. The highest BCUT2D eigenvalue weighted by Crippen LogP contribution is 2.15. The smallest absolute Gasteiger partial charge is 0.276 e. The van der Waals surface area contributed by atoms with Crippen LogP contribution in [0.2, 0.25) is 0 Å². The molecule has 1 aromatic heterocycles. The van der Waals surface area contributed by atoms with Crippen molar-refractivity contribution in [3.8, 4) is 0 Å². The van der Waals surface area contributed by atoms with Crippen molar-refractivity contribution in [1.82, 2.24) is 10.2 Å². The molecule has 7 heteroatoms. The van der Waals surface area contributed by atoms with E-state index in [4.69, 9.17) is 9.47 Å². The summed E-state index contributed by atoms with van der Waals surface area (Å²) >= 11 is 0. The number of H-pyrrole nitrogens is 1. The fraction of sp³-hybridized carbons (Fsp3) is 0.389. The average molecular weight is 343 g/mol. The standard InChI is InChI=1S/C18H21N3O4/c22-17-8-7-16(20-21-17)18(23)19-14-5-3-4-13(10-14)11-24-12-15-6-1-2-9-25-15/h3-5,7-8,10,15H,1-2,6,9,11-12H2,(H,19,23)(H,21,22). The monoisotopic (exact) mass is 343 g/mol. The van der Waals surface area contributed by atoms with Gasteiger partial charge in [-0.2, -0.15) is 5.10 Å². The van der Waals surface area contributed by atoms with Crippen molar-refractivity contribution >= 4 is 11.6 Å². The van der Waals surface area contributed by atoms with Crippen LogP contribution in [0.25, 0.3) is 0 Å². The molecule has 7 nitrogen and oxygen atoms in total. The minimum absolute atomic E-state index is 0.149. The predicted octanol–water partition coefficient (Wildman–Crippen LogP) is 2.11. The molecule has 132 valence electrons. The Balaban J connectivity index is 1.52. The Bertz CT molecular complexity index is 748. The highest BCUT2D eigenvalue weighted by Gasteiger charge is 2.14. The number of amides is 1. The number of nitrogens with one attached hydrogen (secondary N) is 2. The molecule has 1 fully saturated rings. The lowest BCUT2D eigenvalue weighted by Gasteiger charge is -2.22. The molecule has 0 saturated carbocycles. The van der Waals surface area contributed by atoms with Crippen molar-refractivity contribution in [2.45, 2.75) is 32.0 Å². The number of aromatic nitrogens is 2. The van der Waals surface area contributed by atoms with Gasteiger partial charge in [0.1, 0.15) is 5.69 Å². The summed E-state index contributed by atoms with van der Waals surface area (Å²) in [6, 6.07) is 10.1. The van der Waals surface area contributed by atoms with Gasteiger partial charge < -0.3 is 14.8 Å². The van der Waals surface area contributed by atoms with E-state index in [0.717, 1.165) is 25.0 Å². The van der Waals surface area contributed by atoms with Crippen LogP contribution in [-0.4, -0.2) is 35.4 Å². The van der Waals surface area contributed by atoms with Crippen LogP contribution in [0, 0.1) is 0 Å². The average Bonchev–Trinajstić information content (AvgIpc) is 2.63. The molecule has 1 aliphatic heterocycles. The second-order valence-electron chi connectivity index (χ2n) is 5.96. The van der Waals surface area contributed by atoms with Crippen molar-refractivity contribution in [3.05, 3.63) is 58.0 Å². The van der Waals surface area contributed by atoms with Gasteiger partial charge >= 0.3 is 0 Å². The third-order valence-electron chi connectivity index (χ3n) is 3.94. The SMILES string of the molecule is O=C(Nc1cccc(COCC2CCCCO2)c1)c1ccc(=O)[nH]n1. The summed E-state index contributed by atoms with van der Waals surface area (Å²) in [4.78, 5) is 23.1. The second-order valence-corrected chi connectivity index (χ2v) is 5.96. The molecule has 0 aliphatic carbocycles. The Morgan fingerprint density at radius 2 is 2.24 bits per heavy atom. The summed E-state index contributed by atoms with van der Waals surface area (Å²) in [5, 5.41) is 8.70. The van der Waals surface area contributed by atoms with Crippen LogP contribution >= 0.6 is 0 Å². The van der Waals surface area contributed by atoms with Crippen molar-refractivity contribution in [1.29, 1.82) is 0 Å². The van der Waals surface area contributed by atoms with E-state index in [0.29, 0.717) is 18.9 Å². The Labute approximate surface area is 145 Å². The minimum Gasteiger partial charge on any atom is -0.376 e. The maximum Gasteiger partial charge on any atom is 0.276 e. The number of hydrogen-bond donors (Lipinski definition) is 2. The Morgan fingerprint density at radius 3 is 3.00 bits per heavy atom. The van der Waals surface area contributed by atoms with Gasteiger partial charge in [0.25, 0.3) is 11.5 Å². The molecule has 1 amide bonds. The minimum atomic E-state index is -0.384. The zero-order chi connectivity index (χ0) is 17.5. The number of nitrogens with zero attached hydrogens (tertiary/aromatic N) is 1. The van der Waals surface area contributed by atoms with E-state index in [1.807, 2.05) is 18.2 Å². The van der Waals surface area contributed by atoms with Crippen molar-refractivity contribution < 1.29 is 14.3 Å².